The number of halogens is 4. The highest BCUT2D eigenvalue weighted by atomic mass is 79.9. The van der Waals surface area contributed by atoms with E-state index in [0.717, 1.165) is 12.1 Å². The summed E-state index contributed by atoms with van der Waals surface area (Å²) >= 11 is 3.04. The number of rotatable bonds is 2. The van der Waals surface area contributed by atoms with Gasteiger partial charge in [0.05, 0.1) is 10.5 Å². The quantitative estimate of drug-likeness (QED) is 0.596. The second-order valence-corrected chi connectivity index (χ2v) is 4.77. The minimum absolute atomic E-state index is 0.0408. The van der Waals surface area contributed by atoms with E-state index in [-0.39, 0.29) is 16.9 Å². The van der Waals surface area contributed by atoms with E-state index in [1.54, 1.807) is 0 Å². The van der Waals surface area contributed by atoms with Crippen LogP contribution in [0, 0.1) is 10.1 Å². The first-order valence-corrected chi connectivity index (χ1v) is 6.06. The zero-order valence-electron chi connectivity index (χ0n) is 9.69. The molecule has 0 unspecified atom stereocenters. The summed E-state index contributed by atoms with van der Waals surface area (Å²) in [6, 6.07) is 5.46. The third kappa shape index (κ3) is 2.96. The molecule has 0 aliphatic carbocycles. The first kappa shape index (κ1) is 14.4. The van der Waals surface area contributed by atoms with Crippen molar-refractivity contribution in [2.75, 3.05) is 0 Å². The molecule has 1 aromatic heterocycles. The third-order valence-electron chi connectivity index (χ3n) is 2.49. The summed E-state index contributed by atoms with van der Waals surface area (Å²) in [5, 5.41) is 11.0. The van der Waals surface area contributed by atoms with E-state index in [9.17, 15) is 23.3 Å². The number of pyridine rings is 1. The lowest BCUT2D eigenvalue weighted by Crippen LogP contribution is -2.05. The monoisotopic (exact) mass is 346 g/mol. The van der Waals surface area contributed by atoms with Crippen molar-refractivity contribution in [2.24, 2.45) is 0 Å². The molecule has 0 bridgehead atoms. The molecular formula is C12H6BrF3N2O2. The molecule has 2 aromatic rings. The molecular weight excluding hydrogens is 341 g/mol. The predicted molar refractivity (Wildman–Crippen MR) is 69.0 cm³/mol. The maximum Gasteiger partial charge on any atom is 0.416 e. The minimum atomic E-state index is -4.51. The molecule has 20 heavy (non-hydrogen) atoms. The van der Waals surface area contributed by atoms with Crippen LogP contribution in [0.1, 0.15) is 5.56 Å². The van der Waals surface area contributed by atoms with E-state index in [2.05, 4.69) is 20.9 Å². The standard InChI is InChI=1S/C12H6BrF3N2O2/c13-9-5-10(18(19)20)11(17-6-9)7-2-1-3-8(4-7)12(14,15)16/h1-6H. The van der Waals surface area contributed by atoms with Crippen molar-refractivity contribution in [3.8, 4) is 11.3 Å². The van der Waals surface area contributed by atoms with Crippen LogP contribution in [-0.2, 0) is 6.18 Å². The van der Waals surface area contributed by atoms with Crippen LogP contribution in [0.3, 0.4) is 0 Å². The number of aromatic nitrogens is 1. The fraction of sp³-hybridized carbons (Fsp3) is 0.0833. The molecule has 0 fully saturated rings. The third-order valence-corrected chi connectivity index (χ3v) is 2.93. The fourth-order valence-corrected chi connectivity index (χ4v) is 1.95. The molecule has 2 rings (SSSR count). The van der Waals surface area contributed by atoms with Crippen LogP contribution >= 0.6 is 15.9 Å². The number of nitro groups is 1. The molecule has 1 heterocycles. The Morgan fingerprint density at radius 2 is 1.95 bits per heavy atom. The molecule has 0 radical (unpaired) electrons. The Labute approximate surface area is 119 Å². The summed E-state index contributed by atoms with van der Waals surface area (Å²) < 4.78 is 38.3. The van der Waals surface area contributed by atoms with Crippen LogP contribution in [0.4, 0.5) is 18.9 Å². The van der Waals surface area contributed by atoms with Gasteiger partial charge in [0, 0.05) is 22.3 Å². The molecule has 0 atom stereocenters. The van der Waals surface area contributed by atoms with Gasteiger partial charge < -0.3 is 0 Å². The van der Waals surface area contributed by atoms with E-state index in [0.29, 0.717) is 4.47 Å². The van der Waals surface area contributed by atoms with E-state index < -0.39 is 16.7 Å². The lowest BCUT2D eigenvalue weighted by Gasteiger charge is -2.08. The predicted octanol–water partition coefficient (Wildman–Crippen LogP) is 4.44. The van der Waals surface area contributed by atoms with Crippen molar-refractivity contribution in [3.63, 3.8) is 0 Å². The minimum Gasteiger partial charge on any atom is -0.258 e. The van der Waals surface area contributed by atoms with Crippen LogP contribution in [0.2, 0.25) is 0 Å². The lowest BCUT2D eigenvalue weighted by molar-refractivity contribution is -0.384. The summed E-state index contributed by atoms with van der Waals surface area (Å²) in [7, 11) is 0. The van der Waals surface area contributed by atoms with Crippen molar-refractivity contribution in [2.45, 2.75) is 6.18 Å². The summed E-state index contributed by atoms with van der Waals surface area (Å²) in [5.41, 5.74) is -1.31. The molecule has 0 saturated heterocycles. The van der Waals surface area contributed by atoms with Crippen LogP contribution in [0.25, 0.3) is 11.3 Å². The van der Waals surface area contributed by atoms with Gasteiger partial charge in [0.25, 0.3) is 5.69 Å². The average Bonchev–Trinajstić information content (AvgIpc) is 2.37. The lowest BCUT2D eigenvalue weighted by atomic mass is 10.1. The molecule has 8 heteroatoms. The smallest absolute Gasteiger partial charge is 0.258 e. The maximum absolute atomic E-state index is 12.6. The normalized spacial score (nSPS) is 11.4. The Kier molecular flexibility index (Phi) is 3.76. The highest BCUT2D eigenvalue weighted by molar-refractivity contribution is 9.10. The number of alkyl halides is 3. The second kappa shape index (κ2) is 5.20. The van der Waals surface area contributed by atoms with Crippen molar-refractivity contribution in [1.29, 1.82) is 0 Å². The summed E-state index contributed by atoms with van der Waals surface area (Å²) in [6.07, 6.45) is -3.22. The van der Waals surface area contributed by atoms with E-state index >= 15 is 0 Å². The van der Waals surface area contributed by atoms with Crippen molar-refractivity contribution < 1.29 is 18.1 Å². The van der Waals surface area contributed by atoms with Crippen molar-refractivity contribution in [3.05, 3.63) is 56.7 Å². The van der Waals surface area contributed by atoms with Crippen LogP contribution in [0.15, 0.2) is 41.0 Å². The molecule has 0 aliphatic heterocycles. The Balaban J connectivity index is 2.60. The molecule has 104 valence electrons. The molecule has 1 aromatic carbocycles. The Morgan fingerprint density at radius 1 is 1.25 bits per heavy atom. The topological polar surface area (TPSA) is 56.0 Å². The van der Waals surface area contributed by atoms with Crippen LogP contribution < -0.4 is 0 Å². The van der Waals surface area contributed by atoms with Crippen LogP contribution in [0.5, 0.6) is 0 Å². The highest BCUT2D eigenvalue weighted by Crippen LogP contribution is 2.34. The molecule has 4 nitrogen and oxygen atoms in total. The number of hydrogen-bond donors (Lipinski definition) is 0. The van der Waals surface area contributed by atoms with Gasteiger partial charge in [-0.25, -0.2) is 4.98 Å². The van der Waals surface area contributed by atoms with Crippen molar-refractivity contribution >= 4 is 21.6 Å². The zero-order valence-corrected chi connectivity index (χ0v) is 11.3. The largest absolute Gasteiger partial charge is 0.416 e. The van der Waals surface area contributed by atoms with Gasteiger partial charge in [0.2, 0.25) is 0 Å². The van der Waals surface area contributed by atoms with Gasteiger partial charge in [-0.15, -0.1) is 0 Å². The zero-order chi connectivity index (χ0) is 14.9. The Morgan fingerprint density at radius 3 is 2.55 bits per heavy atom. The van der Waals surface area contributed by atoms with Gasteiger partial charge in [-0.05, 0) is 28.1 Å². The maximum atomic E-state index is 12.6. The van der Waals surface area contributed by atoms with Gasteiger partial charge in [-0.3, -0.25) is 10.1 Å². The SMILES string of the molecule is O=[N+]([O-])c1cc(Br)cnc1-c1cccc(C(F)(F)F)c1. The Bertz CT molecular complexity index is 674. The van der Waals surface area contributed by atoms with Gasteiger partial charge in [0.1, 0.15) is 5.69 Å². The second-order valence-electron chi connectivity index (χ2n) is 3.86. The number of hydrogen-bond acceptors (Lipinski definition) is 3. The van der Waals surface area contributed by atoms with Gasteiger partial charge in [-0.1, -0.05) is 12.1 Å². The number of benzene rings is 1. The Hall–Kier alpha value is -1.96. The highest BCUT2D eigenvalue weighted by Gasteiger charge is 2.31. The summed E-state index contributed by atoms with van der Waals surface area (Å²) in [4.78, 5) is 14.1. The number of nitrogens with zero attached hydrogens (tertiary/aromatic N) is 2. The molecule has 0 saturated carbocycles. The first-order chi connectivity index (χ1) is 9.29. The summed E-state index contributed by atoms with van der Waals surface area (Å²) in [5.74, 6) is 0. The van der Waals surface area contributed by atoms with Gasteiger partial charge in [0.15, 0.2) is 0 Å². The van der Waals surface area contributed by atoms with E-state index in [1.165, 1.54) is 24.4 Å². The first-order valence-electron chi connectivity index (χ1n) is 5.26. The fourth-order valence-electron chi connectivity index (χ4n) is 1.63. The molecule has 0 amide bonds. The average molecular weight is 347 g/mol. The van der Waals surface area contributed by atoms with Crippen molar-refractivity contribution in [1.82, 2.24) is 4.98 Å². The molecule has 0 spiro atoms. The summed E-state index contributed by atoms with van der Waals surface area (Å²) in [6.45, 7) is 0. The molecule has 0 aliphatic rings. The van der Waals surface area contributed by atoms with Gasteiger partial charge >= 0.3 is 6.18 Å². The molecule has 0 N–H and O–H groups in total. The van der Waals surface area contributed by atoms with E-state index in [1.807, 2.05) is 0 Å². The van der Waals surface area contributed by atoms with Gasteiger partial charge in [-0.2, -0.15) is 13.2 Å². The van der Waals surface area contributed by atoms with Crippen LogP contribution in [-0.4, -0.2) is 9.91 Å². The van der Waals surface area contributed by atoms with E-state index in [4.69, 9.17) is 0 Å².